The van der Waals surface area contributed by atoms with Gasteiger partial charge < -0.3 is 4.57 Å². The quantitative estimate of drug-likeness (QED) is 0.816. The maximum Gasteiger partial charge on any atom is 0.250 e. The minimum Gasteiger partial charge on any atom is -0.325 e. The number of hydrogen-bond acceptors (Lipinski definition) is 4. The van der Waals surface area contributed by atoms with Gasteiger partial charge in [0.15, 0.2) is 4.91 Å². The molecule has 0 bridgehead atoms. The number of imidazole rings is 1. The molecule has 0 aliphatic heterocycles. The number of halogens is 1. The highest BCUT2D eigenvalue weighted by Gasteiger charge is 2.25. The Morgan fingerprint density at radius 2 is 2.15 bits per heavy atom. The number of allylic oxidation sites excluding steroid dienone is 1. The first-order valence-corrected chi connectivity index (χ1v) is 7.41. The molecule has 0 atom stereocenters. The smallest absolute Gasteiger partial charge is 0.250 e. The molecule has 0 N–H and O–H groups in total. The Kier molecular flexibility index (Phi) is 3.93. The van der Waals surface area contributed by atoms with Crippen molar-refractivity contribution in [1.82, 2.24) is 9.55 Å². The topological polar surface area (TPSA) is 75.8 Å². The molecule has 0 radical (unpaired) electrons. The fourth-order valence-electron chi connectivity index (χ4n) is 1.61. The summed E-state index contributed by atoms with van der Waals surface area (Å²) in [7, 11) is -2.41. The number of nitrogens with zero attached hydrogens (tertiary/aromatic N) is 3. The van der Waals surface area contributed by atoms with Gasteiger partial charge in [0, 0.05) is 24.5 Å². The van der Waals surface area contributed by atoms with Crippen molar-refractivity contribution in [2.75, 3.05) is 0 Å². The maximum absolute atomic E-state index is 12.3. The van der Waals surface area contributed by atoms with E-state index < -0.39 is 14.7 Å². The highest BCUT2D eigenvalue weighted by atomic mass is 35.5. The van der Waals surface area contributed by atoms with Crippen molar-refractivity contribution in [3.63, 3.8) is 0 Å². The number of hydrogen-bond donors (Lipinski definition) is 0. The second-order valence-electron chi connectivity index (χ2n) is 3.97. The highest BCUT2D eigenvalue weighted by molar-refractivity contribution is 7.95. The maximum atomic E-state index is 12.3. The number of aryl methyl sites for hydroxylation is 1. The summed E-state index contributed by atoms with van der Waals surface area (Å²) in [5, 5.41) is 9.31. The standard InChI is InChI=1S/C13H10ClN3O2S/c1-17-7-6-16-13(17)20(18,19)11(9-15)8-10-4-2-3-5-12(10)14/h2-8H,1H3/b11-8+. The molecule has 5 nitrogen and oxygen atoms in total. The van der Waals surface area contributed by atoms with Crippen LogP contribution < -0.4 is 0 Å². The van der Waals surface area contributed by atoms with Gasteiger partial charge >= 0.3 is 0 Å². The van der Waals surface area contributed by atoms with Crippen LogP contribution in [0.2, 0.25) is 5.02 Å². The normalized spacial score (nSPS) is 12.2. The number of nitriles is 1. The third-order valence-electron chi connectivity index (χ3n) is 2.61. The zero-order chi connectivity index (χ0) is 14.8. The van der Waals surface area contributed by atoms with Crippen molar-refractivity contribution in [2.24, 2.45) is 7.05 Å². The average molecular weight is 308 g/mol. The van der Waals surface area contributed by atoms with E-state index in [9.17, 15) is 8.42 Å². The van der Waals surface area contributed by atoms with Gasteiger partial charge in [0.05, 0.1) is 0 Å². The van der Waals surface area contributed by atoms with E-state index in [0.717, 1.165) is 0 Å². The van der Waals surface area contributed by atoms with Gasteiger partial charge in [0.1, 0.15) is 6.07 Å². The van der Waals surface area contributed by atoms with E-state index in [4.69, 9.17) is 16.9 Å². The molecule has 102 valence electrons. The first-order chi connectivity index (χ1) is 9.46. The molecule has 0 fully saturated rings. The van der Waals surface area contributed by atoms with Gasteiger partial charge in [-0.2, -0.15) is 5.26 Å². The predicted molar refractivity (Wildman–Crippen MR) is 75.4 cm³/mol. The zero-order valence-corrected chi connectivity index (χ0v) is 12.1. The summed E-state index contributed by atoms with van der Waals surface area (Å²) in [5.74, 6) is 0. The van der Waals surface area contributed by atoms with Crippen LogP contribution in [0, 0.1) is 11.3 Å². The van der Waals surface area contributed by atoms with Gasteiger partial charge in [-0.25, -0.2) is 13.4 Å². The van der Waals surface area contributed by atoms with E-state index in [1.807, 2.05) is 0 Å². The molecule has 1 aromatic heterocycles. The van der Waals surface area contributed by atoms with Crippen molar-refractivity contribution in [3.05, 3.63) is 52.2 Å². The van der Waals surface area contributed by atoms with Crippen molar-refractivity contribution in [1.29, 1.82) is 5.26 Å². The van der Waals surface area contributed by atoms with Gasteiger partial charge in [0.2, 0.25) is 15.0 Å². The van der Waals surface area contributed by atoms with Crippen LogP contribution in [0.25, 0.3) is 6.08 Å². The lowest BCUT2D eigenvalue weighted by atomic mass is 10.2. The third kappa shape index (κ3) is 2.59. The monoisotopic (exact) mass is 307 g/mol. The Balaban J connectivity index is 2.58. The molecule has 7 heteroatoms. The van der Waals surface area contributed by atoms with Crippen LogP contribution in [-0.4, -0.2) is 18.0 Å². The first kappa shape index (κ1) is 14.3. The number of aromatic nitrogens is 2. The lowest BCUT2D eigenvalue weighted by molar-refractivity contribution is 0.586. The lowest BCUT2D eigenvalue weighted by Gasteiger charge is -2.03. The third-order valence-corrected chi connectivity index (χ3v) is 4.62. The van der Waals surface area contributed by atoms with E-state index in [1.165, 1.54) is 23.0 Å². The Labute approximate surface area is 121 Å². The summed E-state index contributed by atoms with van der Waals surface area (Å²) in [6, 6.07) is 8.38. The molecule has 0 aliphatic rings. The summed E-state index contributed by atoms with van der Waals surface area (Å²) in [5.41, 5.74) is 0.462. The predicted octanol–water partition coefficient (Wildman–Crippen LogP) is 2.41. The van der Waals surface area contributed by atoms with Crippen LogP contribution in [0.4, 0.5) is 0 Å². The molecule has 1 heterocycles. The Morgan fingerprint density at radius 3 is 2.70 bits per heavy atom. The summed E-state index contributed by atoms with van der Waals surface area (Å²) in [6.07, 6.45) is 4.10. The van der Waals surface area contributed by atoms with Gasteiger partial charge in [0.25, 0.3) is 0 Å². The molecular weight excluding hydrogens is 298 g/mol. The largest absolute Gasteiger partial charge is 0.325 e. The number of benzene rings is 1. The van der Waals surface area contributed by atoms with Crippen molar-refractivity contribution < 1.29 is 8.42 Å². The van der Waals surface area contributed by atoms with Crippen molar-refractivity contribution in [2.45, 2.75) is 5.16 Å². The zero-order valence-electron chi connectivity index (χ0n) is 10.5. The molecule has 0 saturated carbocycles. The molecular formula is C13H10ClN3O2S. The van der Waals surface area contributed by atoms with Gasteiger partial charge in [-0.3, -0.25) is 0 Å². The lowest BCUT2D eigenvalue weighted by Crippen LogP contribution is -2.09. The fourth-order valence-corrected chi connectivity index (χ4v) is 3.04. The Bertz CT molecular complexity index is 816. The van der Waals surface area contributed by atoms with E-state index in [2.05, 4.69) is 4.98 Å². The van der Waals surface area contributed by atoms with Crippen molar-refractivity contribution in [3.8, 4) is 6.07 Å². The van der Waals surface area contributed by atoms with Crippen LogP contribution in [-0.2, 0) is 16.9 Å². The van der Waals surface area contributed by atoms with Crippen LogP contribution in [0.1, 0.15) is 5.56 Å². The van der Waals surface area contributed by atoms with Crippen LogP contribution in [0.3, 0.4) is 0 Å². The molecule has 0 spiro atoms. The molecule has 2 rings (SSSR count). The van der Waals surface area contributed by atoms with E-state index >= 15 is 0 Å². The van der Waals surface area contributed by atoms with Crippen LogP contribution in [0.5, 0.6) is 0 Å². The Morgan fingerprint density at radius 1 is 1.45 bits per heavy atom. The fraction of sp³-hybridized carbons (Fsp3) is 0.0769. The second-order valence-corrected chi connectivity index (χ2v) is 6.19. The highest BCUT2D eigenvalue weighted by Crippen LogP contribution is 2.23. The summed E-state index contributed by atoms with van der Waals surface area (Å²) in [6.45, 7) is 0. The SMILES string of the molecule is Cn1ccnc1S(=O)(=O)/C(C#N)=C/c1ccccc1Cl. The molecule has 2 aromatic rings. The second kappa shape index (κ2) is 5.49. The average Bonchev–Trinajstić information content (AvgIpc) is 2.84. The summed E-state index contributed by atoms with van der Waals surface area (Å²) >= 11 is 5.96. The minimum atomic E-state index is -3.96. The number of sulfone groups is 1. The van der Waals surface area contributed by atoms with Crippen molar-refractivity contribution >= 4 is 27.5 Å². The number of rotatable bonds is 3. The van der Waals surface area contributed by atoms with E-state index in [1.54, 1.807) is 37.4 Å². The van der Waals surface area contributed by atoms with Gasteiger partial charge in [-0.1, -0.05) is 29.8 Å². The molecule has 0 unspecified atom stereocenters. The first-order valence-electron chi connectivity index (χ1n) is 5.55. The molecule has 0 amide bonds. The molecule has 1 aromatic carbocycles. The van der Waals surface area contributed by atoms with Gasteiger partial charge in [-0.15, -0.1) is 0 Å². The summed E-state index contributed by atoms with van der Waals surface area (Å²) < 4.78 is 26.0. The Hall–Kier alpha value is -2.10. The molecule has 20 heavy (non-hydrogen) atoms. The molecule has 0 saturated heterocycles. The summed E-state index contributed by atoms with van der Waals surface area (Å²) in [4.78, 5) is 3.37. The van der Waals surface area contributed by atoms with Gasteiger partial charge in [-0.05, 0) is 17.7 Å². The van der Waals surface area contributed by atoms with Crippen LogP contribution in [0.15, 0.2) is 46.7 Å². The van der Waals surface area contributed by atoms with E-state index in [-0.39, 0.29) is 5.16 Å². The van der Waals surface area contributed by atoms with Crippen LogP contribution >= 0.6 is 11.6 Å². The minimum absolute atomic E-state index is 0.183. The molecule has 0 aliphatic carbocycles. The van der Waals surface area contributed by atoms with E-state index in [0.29, 0.717) is 10.6 Å².